The first-order valence-corrected chi connectivity index (χ1v) is 17.2. The van der Waals surface area contributed by atoms with Gasteiger partial charge in [-0.15, -0.1) is 0 Å². The first-order valence-electron chi connectivity index (χ1n) is 13.9. The molecule has 0 aromatic heterocycles. The highest BCUT2D eigenvalue weighted by Crippen LogP contribution is 2.31. The molecule has 0 radical (unpaired) electrons. The number of carbonyl (C=O) groups excluding carboxylic acids is 1. The Hall–Kier alpha value is -4.64. The van der Waals surface area contributed by atoms with Crippen LogP contribution in [-0.4, -0.2) is 22.7 Å². The van der Waals surface area contributed by atoms with E-state index in [-0.39, 0.29) is 16.3 Å². The van der Waals surface area contributed by atoms with E-state index in [4.69, 9.17) is 11.6 Å². The average Bonchev–Trinajstić information content (AvgIpc) is 3.02. The molecule has 0 unspecified atom stereocenters. The molecule has 0 saturated heterocycles. The molecule has 0 aliphatic carbocycles. The SMILES string of the molecule is Cc1cccc(NS(=O)(=O)c2ccc(NC(=O)c3ccc(CN(c4cc(Cl)ccc4C)S(=O)(=O)c4ccccc4)cc3)cc2)c1. The van der Waals surface area contributed by atoms with E-state index in [1.807, 2.05) is 19.9 Å². The van der Waals surface area contributed by atoms with Crippen LogP contribution in [0.3, 0.4) is 0 Å². The number of amides is 1. The van der Waals surface area contributed by atoms with Crippen molar-refractivity contribution in [2.75, 3.05) is 14.3 Å². The molecule has 0 aliphatic rings. The van der Waals surface area contributed by atoms with Crippen LogP contribution in [0.25, 0.3) is 0 Å². The van der Waals surface area contributed by atoms with Crippen molar-refractivity contribution in [1.82, 2.24) is 0 Å². The Morgan fingerprint density at radius 2 is 1.40 bits per heavy atom. The number of rotatable bonds is 10. The summed E-state index contributed by atoms with van der Waals surface area (Å²) in [5.41, 5.74) is 3.97. The van der Waals surface area contributed by atoms with E-state index in [1.165, 1.54) is 40.7 Å². The number of aryl methyl sites for hydroxylation is 2. The maximum atomic E-state index is 13.7. The third kappa shape index (κ3) is 7.54. The van der Waals surface area contributed by atoms with Crippen molar-refractivity contribution in [1.29, 1.82) is 0 Å². The first kappa shape index (κ1) is 31.8. The second-order valence-corrected chi connectivity index (χ2v) is 14.4. The molecule has 0 fully saturated rings. The summed E-state index contributed by atoms with van der Waals surface area (Å²) in [6.07, 6.45) is 0. The van der Waals surface area contributed by atoms with Crippen molar-refractivity contribution < 1.29 is 21.6 Å². The summed E-state index contributed by atoms with van der Waals surface area (Å²) in [5.74, 6) is -0.408. The van der Waals surface area contributed by atoms with Gasteiger partial charge in [0.2, 0.25) is 0 Å². The van der Waals surface area contributed by atoms with E-state index in [1.54, 1.807) is 78.9 Å². The summed E-state index contributed by atoms with van der Waals surface area (Å²) in [7, 11) is -7.76. The summed E-state index contributed by atoms with van der Waals surface area (Å²) in [6.45, 7) is 3.69. The van der Waals surface area contributed by atoms with Gasteiger partial charge in [-0.1, -0.05) is 60.1 Å². The molecule has 0 atom stereocenters. The van der Waals surface area contributed by atoms with Crippen molar-refractivity contribution in [3.05, 3.63) is 149 Å². The molecule has 0 spiro atoms. The predicted molar refractivity (Wildman–Crippen MR) is 179 cm³/mol. The van der Waals surface area contributed by atoms with Gasteiger partial charge in [-0.2, -0.15) is 0 Å². The lowest BCUT2D eigenvalue weighted by Gasteiger charge is -2.26. The molecular formula is C34H30ClN3O5S2. The molecule has 0 heterocycles. The summed E-state index contributed by atoms with van der Waals surface area (Å²) >= 11 is 6.25. The minimum atomic E-state index is -3.94. The molecule has 8 nitrogen and oxygen atoms in total. The zero-order valence-electron chi connectivity index (χ0n) is 24.4. The molecule has 0 saturated carbocycles. The molecule has 5 aromatic rings. The van der Waals surface area contributed by atoms with Crippen LogP contribution >= 0.6 is 11.6 Å². The fourth-order valence-corrected chi connectivity index (χ4v) is 7.39. The fourth-order valence-electron chi connectivity index (χ4n) is 4.64. The number of sulfonamides is 2. The monoisotopic (exact) mass is 659 g/mol. The number of nitrogens with zero attached hydrogens (tertiary/aromatic N) is 1. The fraction of sp³-hybridized carbons (Fsp3) is 0.0882. The number of halogens is 1. The van der Waals surface area contributed by atoms with Crippen LogP contribution in [-0.2, 0) is 26.6 Å². The molecular weight excluding hydrogens is 630 g/mol. The summed E-state index contributed by atoms with van der Waals surface area (Å²) in [5, 5.41) is 3.17. The molecule has 230 valence electrons. The Bertz CT molecular complexity index is 2050. The van der Waals surface area contributed by atoms with Gasteiger partial charge in [0.05, 0.1) is 22.0 Å². The van der Waals surface area contributed by atoms with E-state index in [0.717, 1.165) is 11.1 Å². The minimum Gasteiger partial charge on any atom is -0.322 e. The maximum absolute atomic E-state index is 13.7. The minimum absolute atomic E-state index is 0.00678. The highest BCUT2D eigenvalue weighted by atomic mass is 35.5. The van der Waals surface area contributed by atoms with Crippen LogP contribution in [0.4, 0.5) is 17.1 Å². The number of hydrogen-bond donors (Lipinski definition) is 2. The van der Waals surface area contributed by atoms with E-state index in [0.29, 0.717) is 33.2 Å². The smallest absolute Gasteiger partial charge is 0.264 e. The standard InChI is InChI=1S/C34H30ClN3O5S2/c1-24-7-6-8-30(21-24)37-44(40,41)31-19-17-29(18-20-31)36-34(39)27-14-12-26(13-15-27)23-38(33-22-28(35)16-11-25(33)2)45(42,43)32-9-4-3-5-10-32/h3-22,37H,23H2,1-2H3,(H,36,39). The number of carbonyl (C=O) groups is 1. The van der Waals surface area contributed by atoms with E-state index in [2.05, 4.69) is 10.0 Å². The largest absolute Gasteiger partial charge is 0.322 e. The van der Waals surface area contributed by atoms with Gasteiger partial charge < -0.3 is 5.32 Å². The van der Waals surface area contributed by atoms with Crippen LogP contribution < -0.4 is 14.3 Å². The maximum Gasteiger partial charge on any atom is 0.264 e. The second kappa shape index (κ2) is 13.2. The molecule has 45 heavy (non-hydrogen) atoms. The Labute approximate surface area is 268 Å². The molecule has 5 rings (SSSR count). The van der Waals surface area contributed by atoms with Crippen molar-refractivity contribution in [3.8, 4) is 0 Å². The zero-order valence-corrected chi connectivity index (χ0v) is 26.8. The third-order valence-electron chi connectivity index (χ3n) is 7.01. The van der Waals surface area contributed by atoms with Gasteiger partial charge in [0, 0.05) is 22.0 Å². The van der Waals surface area contributed by atoms with Gasteiger partial charge in [-0.25, -0.2) is 16.8 Å². The van der Waals surface area contributed by atoms with Gasteiger partial charge in [0.1, 0.15) is 0 Å². The van der Waals surface area contributed by atoms with Gasteiger partial charge in [-0.05, 0) is 103 Å². The van der Waals surface area contributed by atoms with Crippen LogP contribution in [0.1, 0.15) is 27.0 Å². The summed E-state index contributed by atoms with van der Waals surface area (Å²) < 4.78 is 57.0. The predicted octanol–water partition coefficient (Wildman–Crippen LogP) is 7.41. The van der Waals surface area contributed by atoms with Crippen LogP contribution in [0, 0.1) is 13.8 Å². The molecule has 2 N–H and O–H groups in total. The zero-order chi connectivity index (χ0) is 32.2. The Morgan fingerprint density at radius 1 is 0.711 bits per heavy atom. The number of benzene rings is 5. The van der Waals surface area contributed by atoms with Crippen molar-refractivity contribution in [3.63, 3.8) is 0 Å². The molecule has 5 aromatic carbocycles. The molecule has 11 heteroatoms. The quantitative estimate of drug-likeness (QED) is 0.162. The highest BCUT2D eigenvalue weighted by Gasteiger charge is 2.26. The van der Waals surface area contributed by atoms with Gasteiger partial charge in [0.25, 0.3) is 26.0 Å². The summed E-state index contributed by atoms with van der Waals surface area (Å²) in [6, 6.07) is 32.7. The van der Waals surface area contributed by atoms with E-state index < -0.39 is 26.0 Å². The van der Waals surface area contributed by atoms with Gasteiger partial charge in [-0.3, -0.25) is 13.8 Å². The van der Waals surface area contributed by atoms with Crippen LogP contribution in [0.15, 0.2) is 131 Å². The third-order valence-corrected chi connectivity index (χ3v) is 10.4. The van der Waals surface area contributed by atoms with Crippen molar-refractivity contribution in [2.24, 2.45) is 0 Å². The molecule has 0 aliphatic heterocycles. The summed E-state index contributed by atoms with van der Waals surface area (Å²) in [4.78, 5) is 13.2. The lowest BCUT2D eigenvalue weighted by molar-refractivity contribution is 0.102. The first-order chi connectivity index (χ1) is 21.4. The average molecular weight is 660 g/mol. The van der Waals surface area contributed by atoms with Gasteiger partial charge >= 0.3 is 0 Å². The molecule has 0 bridgehead atoms. The lowest BCUT2D eigenvalue weighted by Crippen LogP contribution is -2.31. The molecule has 1 amide bonds. The van der Waals surface area contributed by atoms with E-state index >= 15 is 0 Å². The van der Waals surface area contributed by atoms with Crippen LogP contribution in [0.2, 0.25) is 5.02 Å². The lowest BCUT2D eigenvalue weighted by atomic mass is 10.1. The topological polar surface area (TPSA) is 113 Å². The Balaban J connectivity index is 1.31. The number of nitrogens with one attached hydrogen (secondary N) is 2. The number of anilines is 3. The Morgan fingerprint density at radius 3 is 2.07 bits per heavy atom. The Kier molecular flexibility index (Phi) is 9.29. The van der Waals surface area contributed by atoms with E-state index in [9.17, 15) is 21.6 Å². The normalized spacial score (nSPS) is 11.5. The highest BCUT2D eigenvalue weighted by molar-refractivity contribution is 7.93. The number of hydrogen-bond acceptors (Lipinski definition) is 5. The van der Waals surface area contributed by atoms with Crippen molar-refractivity contribution >= 4 is 54.6 Å². The second-order valence-electron chi connectivity index (χ2n) is 10.4. The van der Waals surface area contributed by atoms with Gasteiger partial charge in [0.15, 0.2) is 0 Å². The van der Waals surface area contributed by atoms with Crippen molar-refractivity contribution in [2.45, 2.75) is 30.2 Å². The van der Waals surface area contributed by atoms with Crippen LogP contribution in [0.5, 0.6) is 0 Å².